The number of hydrogen-bond donors (Lipinski definition) is 2. The van der Waals surface area contributed by atoms with Crippen molar-refractivity contribution in [2.75, 3.05) is 39.3 Å². The van der Waals surface area contributed by atoms with Gasteiger partial charge in [0, 0.05) is 44.0 Å². The van der Waals surface area contributed by atoms with Crippen molar-refractivity contribution in [3.8, 4) is 0 Å². The number of hydrogen-bond acceptors (Lipinski definition) is 6. The second-order valence-corrected chi connectivity index (χ2v) is 7.59. The van der Waals surface area contributed by atoms with Crippen LogP contribution in [0.3, 0.4) is 0 Å². The van der Waals surface area contributed by atoms with Crippen molar-refractivity contribution in [2.24, 2.45) is 0 Å². The van der Waals surface area contributed by atoms with Crippen LogP contribution in [-0.4, -0.2) is 67.0 Å². The highest BCUT2D eigenvalue weighted by atomic mass is 16.5. The third-order valence-electron chi connectivity index (χ3n) is 5.54. The van der Waals surface area contributed by atoms with Crippen molar-refractivity contribution in [2.45, 2.75) is 13.0 Å². The minimum atomic E-state index is -0.728. The Balaban J connectivity index is 1.49. The molecule has 1 atom stereocenters. The van der Waals surface area contributed by atoms with Crippen LogP contribution in [0.1, 0.15) is 29.1 Å². The number of nitrogens with zero attached hydrogens (tertiary/aromatic N) is 2. The molecule has 32 heavy (non-hydrogen) atoms. The van der Waals surface area contributed by atoms with Crippen LogP contribution in [0.2, 0.25) is 0 Å². The Morgan fingerprint density at radius 3 is 2.50 bits per heavy atom. The van der Waals surface area contributed by atoms with E-state index >= 15 is 0 Å². The van der Waals surface area contributed by atoms with E-state index in [0.717, 1.165) is 0 Å². The number of piperazine rings is 1. The van der Waals surface area contributed by atoms with E-state index in [1.807, 2.05) is 35.2 Å². The minimum absolute atomic E-state index is 0.00438. The molecule has 2 aliphatic rings. The quantitative estimate of drug-likeness (QED) is 0.668. The molecule has 1 aromatic carbocycles. The van der Waals surface area contributed by atoms with Gasteiger partial charge >= 0.3 is 12.0 Å². The fourth-order valence-electron chi connectivity index (χ4n) is 3.96. The highest BCUT2D eigenvalue weighted by molar-refractivity contribution is 5.95. The van der Waals surface area contributed by atoms with Crippen LogP contribution in [0, 0.1) is 0 Å². The number of rotatable bonds is 6. The first-order chi connectivity index (χ1) is 15.6. The Bertz CT molecular complexity index is 995. The topological polar surface area (TPSA) is 104 Å². The molecule has 2 aliphatic heterocycles. The minimum Gasteiger partial charge on any atom is -0.467 e. The molecule has 0 saturated carbocycles. The van der Waals surface area contributed by atoms with Crippen LogP contribution >= 0.6 is 0 Å². The maximum atomic E-state index is 12.8. The van der Waals surface area contributed by atoms with Gasteiger partial charge in [-0.25, -0.2) is 9.59 Å². The smallest absolute Gasteiger partial charge is 0.338 e. The maximum absolute atomic E-state index is 12.8. The van der Waals surface area contributed by atoms with Gasteiger partial charge in [0.25, 0.3) is 5.91 Å². The number of esters is 1. The van der Waals surface area contributed by atoms with Gasteiger partial charge in [0.1, 0.15) is 11.8 Å². The molecule has 0 spiro atoms. The first-order valence-electron chi connectivity index (χ1n) is 10.6. The first-order valence-corrected chi connectivity index (χ1v) is 10.6. The standard InChI is InChI=1S/C23H26N4O5/c1-2-31-22(29)19-17(24-23(30)25-20(19)18-9-6-14-32-18)15-26-10-12-27(13-11-26)21(28)16-7-4-3-5-8-16/h3-9,14,20H,2,10-13,15H2,1H3,(H2,24,25,30). The van der Waals surface area contributed by atoms with Crippen molar-refractivity contribution in [1.29, 1.82) is 0 Å². The number of urea groups is 1. The summed E-state index contributed by atoms with van der Waals surface area (Å²) in [6.45, 7) is 4.66. The fourth-order valence-corrected chi connectivity index (χ4v) is 3.96. The van der Waals surface area contributed by atoms with Crippen molar-refractivity contribution in [1.82, 2.24) is 20.4 Å². The van der Waals surface area contributed by atoms with E-state index in [4.69, 9.17) is 9.15 Å². The van der Waals surface area contributed by atoms with Gasteiger partial charge in [-0.05, 0) is 31.2 Å². The van der Waals surface area contributed by atoms with E-state index in [9.17, 15) is 14.4 Å². The predicted octanol–water partition coefficient (Wildman–Crippen LogP) is 1.91. The molecule has 3 heterocycles. The highest BCUT2D eigenvalue weighted by Gasteiger charge is 2.36. The summed E-state index contributed by atoms with van der Waals surface area (Å²) in [5.74, 6) is -0.0438. The number of ether oxygens (including phenoxy) is 1. The van der Waals surface area contributed by atoms with E-state index in [2.05, 4.69) is 15.5 Å². The molecule has 3 amide bonds. The molecule has 0 aliphatic carbocycles. The normalized spacial score (nSPS) is 19.3. The van der Waals surface area contributed by atoms with Gasteiger partial charge < -0.3 is 24.7 Å². The Hall–Kier alpha value is -3.59. The molecule has 1 saturated heterocycles. The average Bonchev–Trinajstić information content (AvgIpc) is 3.34. The molecule has 2 N–H and O–H groups in total. The SMILES string of the molecule is CCOC(=O)C1=C(CN2CCN(C(=O)c3ccccc3)CC2)NC(=O)NC1c1ccco1. The average molecular weight is 438 g/mol. The largest absolute Gasteiger partial charge is 0.467 e. The van der Waals surface area contributed by atoms with E-state index in [1.54, 1.807) is 19.1 Å². The Labute approximate surface area is 186 Å². The Morgan fingerprint density at radius 1 is 1.09 bits per heavy atom. The van der Waals surface area contributed by atoms with E-state index in [1.165, 1.54) is 6.26 Å². The molecular formula is C23H26N4O5. The monoisotopic (exact) mass is 438 g/mol. The molecular weight excluding hydrogens is 412 g/mol. The van der Waals surface area contributed by atoms with Gasteiger partial charge in [-0.1, -0.05) is 18.2 Å². The summed E-state index contributed by atoms with van der Waals surface area (Å²) >= 11 is 0. The summed E-state index contributed by atoms with van der Waals surface area (Å²) in [5, 5.41) is 5.51. The van der Waals surface area contributed by atoms with Gasteiger partial charge in [0.2, 0.25) is 0 Å². The zero-order valence-electron chi connectivity index (χ0n) is 17.9. The fraction of sp³-hybridized carbons (Fsp3) is 0.348. The van der Waals surface area contributed by atoms with Crippen molar-refractivity contribution in [3.05, 3.63) is 71.3 Å². The van der Waals surface area contributed by atoms with E-state index < -0.39 is 18.0 Å². The van der Waals surface area contributed by atoms with Gasteiger partial charge in [-0.2, -0.15) is 0 Å². The van der Waals surface area contributed by atoms with Gasteiger partial charge in [-0.3, -0.25) is 9.69 Å². The zero-order valence-corrected chi connectivity index (χ0v) is 17.9. The van der Waals surface area contributed by atoms with Crippen LogP contribution in [0.25, 0.3) is 0 Å². The summed E-state index contributed by atoms with van der Waals surface area (Å²) in [4.78, 5) is 41.7. The van der Waals surface area contributed by atoms with Crippen LogP contribution in [0.5, 0.6) is 0 Å². The Kier molecular flexibility index (Phi) is 6.55. The lowest BCUT2D eigenvalue weighted by molar-refractivity contribution is -0.139. The van der Waals surface area contributed by atoms with Crippen LogP contribution in [-0.2, 0) is 9.53 Å². The molecule has 1 aromatic heterocycles. The number of benzene rings is 1. The van der Waals surface area contributed by atoms with Gasteiger partial charge in [0.05, 0.1) is 18.4 Å². The lowest BCUT2D eigenvalue weighted by Gasteiger charge is -2.36. The van der Waals surface area contributed by atoms with Crippen LogP contribution in [0.15, 0.2) is 64.4 Å². The molecule has 1 fully saturated rings. The van der Waals surface area contributed by atoms with E-state index in [0.29, 0.717) is 55.3 Å². The summed E-state index contributed by atoms with van der Waals surface area (Å²) < 4.78 is 10.7. The van der Waals surface area contributed by atoms with Crippen LogP contribution < -0.4 is 10.6 Å². The third kappa shape index (κ3) is 4.67. The van der Waals surface area contributed by atoms with Crippen molar-refractivity contribution >= 4 is 17.9 Å². The molecule has 9 heteroatoms. The second kappa shape index (κ2) is 9.69. The Morgan fingerprint density at radius 2 is 1.84 bits per heavy atom. The van der Waals surface area contributed by atoms with Gasteiger partial charge in [-0.15, -0.1) is 0 Å². The van der Waals surface area contributed by atoms with Gasteiger partial charge in [0.15, 0.2) is 0 Å². The lowest BCUT2D eigenvalue weighted by atomic mass is 9.99. The summed E-state index contributed by atoms with van der Waals surface area (Å²) in [5.41, 5.74) is 1.47. The molecule has 2 aromatic rings. The van der Waals surface area contributed by atoms with Crippen molar-refractivity contribution < 1.29 is 23.5 Å². The summed E-state index contributed by atoms with van der Waals surface area (Å²) in [6, 6.07) is 11.5. The zero-order chi connectivity index (χ0) is 22.5. The summed E-state index contributed by atoms with van der Waals surface area (Å²) in [7, 11) is 0. The number of amides is 3. The molecule has 1 unspecified atom stereocenters. The molecule has 4 rings (SSSR count). The number of furan rings is 1. The first kappa shape index (κ1) is 21.6. The number of nitrogens with one attached hydrogen (secondary N) is 2. The maximum Gasteiger partial charge on any atom is 0.338 e. The van der Waals surface area contributed by atoms with E-state index in [-0.39, 0.29) is 12.5 Å². The van der Waals surface area contributed by atoms with Crippen LogP contribution in [0.4, 0.5) is 4.79 Å². The molecule has 9 nitrogen and oxygen atoms in total. The molecule has 168 valence electrons. The van der Waals surface area contributed by atoms with Crippen molar-refractivity contribution in [3.63, 3.8) is 0 Å². The number of carbonyl (C=O) groups excluding carboxylic acids is 3. The molecule has 0 bridgehead atoms. The third-order valence-corrected chi connectivity index (χ3v) is 5.54. The number of carbonyl (C=O) groups is 3. The summed E-state index contributed by atoms with van der Waals surface area (Å²) in [6.07, 6.45) is 1.49. The lowest BCUT2D eigenvalue weighted by Crippen LogP contribution is -2.52. The predicted molar refractivity (Wildman–Crippen MR) is 116 cm³/mol. The highest BCUT2D eigenvalue weighted by Crippen LogP contribution is 2.28. The molecule has 0 radical (unpaired) electrons. The second-order valence-electron chi connectivity index (χ2n) is 7.59.